The molecule has 2 N–H and O–H groups in total. The van der Waals surface area contributed by atoms with E-state index in [-0.39, 0.29) is 0 Å². The van der Waals surface area contributed by atoms with Gasteiger partial charge in [-0.05, 0) is 6.92 Å². The van der Waals surface area contributed by atoms with E-state index in [9.17, 15) is 0 Å². The number of rotatable bonds is 1. The Labute approximate surface area is 82.2 Å². The van der Waals surface area contributed by atoms with Gasteiger partial charge in [0.1, 0.15) is 17.3 Å². The van der Waals surface area contributed by atoms with Crippen LogP contribution in [0.15, 0.2) is 12.5 Å². The number of anilines is 1. The highest BCUT2D eigenvalue weighted by Gasteiger charge is 2.13. The molecule has 0 radical (unpaired) electrons. The molecule has 2 heterocycles. The van der Waals surface area contributed by atoms with Crippen molar-refractivity contribution < 1.29 is 0 Å². The maximum atomic E-state index is 5.92. The fourth-order valence-corrected chi connectivity index (χ4v) is 1.40. The summed E-state index contributed by atoms with van der Waals surface area (Å²) in [6.45, 7) is 1.93. The fraction of sp³-hybridized carbons (Fsp3) is 0.333. The first kappa shape index (κ1) is 8.80. The molecule has 0 spiro atoms. The average Bonchev–Trinajstić information content (AvgIpc) is 2.66. The fourth-order valence-electron chi connectivity index (χ4n) is 1.40. The second-order valence-electron chi connectivity index (χ2n) is 3.34. The predicted molar refractivity (Wildman–Crippen MR) is 54.6 cm³/mol. The van der Waals surface area contributed by atoms with E-state index < -0.39 is 0 Å². The summed E-state index contributed by atoms with van der Waals surface area (Å²) >= 11 is 0. The minimum Gasteiger partial charge on any atom is -0.383 e. The minimum absolute atomic E-state index is 0.672. The number of nitrogen functional groups attached to an aromatic ring is 1. The van der Waals surface area contributed by atoms with E-state index in [4.69, 9.17) is 5.73 Å². The lowest BCUT2D eigenvalue weighted by atomic mass is 10.3. The Morgan fingerprint density at radius 3 is 2.50 bits per heavy atom. The van der Waals surface area contributed by atoms with Crippen LogP contribution in [-0.2, 0) is 14.1 Å². The maximum absolute atomic E-state index is 5.92. The third-order valence-corrected chi connectivity index (χ3v) is 2.42. The SMILES string of the molecule is Cc1nc(-c2cncn2C)c(N)n1C. The Morgan fingerprint density at radius 2 is 2.07 bits per heavy atom. The molecule has 0 saturated carbocycles. The lowest BCUT2D eigenvalue weighted by Crippen LogP contribution is -1.99. The third-order valence-electron chi connectivity index (χ3n) is 2.42. The number of hydrogen-bond donors (Lipinski definition) is 1. The summed E-state index contributed by atoms with van der Waals surface area (Å²) in [5.74, 6) is 1.57. The van der Waals surface area contributed by atoms with Crippen molar-refractivity contribution >= 4 is 5.82 Å². The molecule has 0 aliphatic carbocycles. The lowest BCUT2D eigenvalue weighted by molar-refractivity contribution is 0.868. The second-order valence-corrected chi connectivity index (χ2v) is 3.34. The van der Waals surface area contributed by atoms with Gasteiger partial charge >= 0.3 is 0 Å². The highest BCUT2D eigenvalue weighted by atomic mass is 15.1. The van der Waals surface area contributed by atoms with Gasteiger partial charge in [0.05, 0.1) is 18.2 Å². The molecule has 0 bridgehead atoms. The molecule has 0 aromatic carbocycles. The van der Waals surface area contributed by atoms with Crippen molar-refractivity contribution in [2.75, 3.05) is 5.73 Å². The van der Waals surface area contributed by atoms with Crippen molar-refractivity contribution in [2.24, 2.45) is 14.1 Å². The van der Waals surface area contributed by atoms with E-state index in [0.29, 0.717) is 5.82 Å². The molecule has 2 aromatic heterocycles. The number of aromatic nitrogens is 4. The summed E-state index contributed by atoms with van der Waals surface area (Å²) in [5.41, 5.74) is 7.66. The molecule has 14 heavy (non-hydrogen) atoms. The van der Waals surface area contributed by atoms with Gasteiger partial charge in [0.25, 0.3) is 0 Å². The van der Waals surface area contributed by atoms with Crippen molar-refractivity contribution in [3.8, 4) is 11.4 Å². The summed E-state index contributed by atoms with van der Waals surface area (Å²) in [7, 11) is 3.82. The van der Waals surface area contributed by atoms with Crippen LogP contribution in [0.4, 0.5) is 5.82 Å². The molecule has 0 saturated heterocycles. The van der Waals surface area contributed by atoms with Crippen LogP contribution in [0.3, 0.4) is 0 Å². The molecule has 5 nitrogen and oxygen atoms in total. The minimum atomic E-state index is 0.672. The Kier molecular flexibility index (Phi) is 1.80. The normalized spacial score (nSPS) is 10.8. The zero-order chi connectivity index (χ0) is 10.3. The highest BCUT2D eigenvalue weighted by Crippen LogP contribution is 2.24. The number of hydrogen-bond acceptors (Lipinski definition) is 3. The molecule has 0 amide bonds. The largest absolute Gasteiger partial charge is 0.383 e. The van der Waals surface area contributed by atoms with Gasteiger partial charge in [-0.3, -0.25) is 0 Å². The van der Waals surface area contributed by atoms with Crippen LogP contribution in [0.2, 0.25) is 0 Å². The zero-order valence-electron chi connectivity index (χ0n) is 8.52. The summed E-state index contributed by atoms with van der Waals surface area (Å²) in [6.07, 6.45) is 3.50. The van der Waals surface area contributed by atoms with Crippen LogP contribution in [0, 0.1) is 6.92 Å². The topological polar surface area (TPSA) is 61.7 Å². The zero-order valence-corrected chi connectivity index (χ0v) is 8.52. The van der Waals surface area contributed by atoms with E-state index in [1.807, 2.05) is 30.2 Å². The van der Waals surface area contributed by atoms with Gasteiger partial charge in [-0.1, -0.05) is 0 Å². The van der Waals surface area contributed by atoms with Gasteiger partial charge < -0.3 is 14.9 Å². The highest BCUT2D eigenvalue weighted by molar-refractivity contribution is 5.67. The first-order valence-electron chi connectivity index (χ1n) is 4.36. The molecule has 2 rings (SSSR count). The molecule has 0 aliphatic rings. The van der Waals surface area contributed by atoms with E-state index in [1.54, 1.807) is 12.5 Å². The van der Waals surface area contributed by atoms with Crippen LogP contribution in [0.1, 0.15) is 5.82 Å². The molecule has 74 valence electrons. The first-order valence-corrected chi connectivity index (χ1v) is 4.36. The third kappa shape index (κ3) is 1.09. The van der Waals surface area contributed by atoms with Gasteiger partial charge in [-0.15, -0.1) is 0 Å². The van der Waals surface area contributed by atoms with Crippen molar-refractivity contribution in [3.63, 3.8) is 0 Å². The molecule has 5 heteroatoms. The van der Waals surface area contributed by atoms with Crippen LogP contribution in [-0.4, -0.2) is 19.1 Å². The number of nitrogens with two attached hydrogens (primary N) is 1. The Morgan fingerprint density at radius 1 is 1.36 bits per heavy atom. The van der Waals surface area contributed by atoms with Crippen LogP contribution < -0.4 is 5.73 Å². The van der Waals surface area contributed by atoms with Crippen molar-refractivity contribution in [3.05, 3.63) is 18.3 Å². The van der Waals surface area contributed by atoms with Crippen LogP contribution in [0.5, 0.6) is 0 Å². The summed E-state index contributed by atoms with van der Waals surface area (Å²) in [4.78, 5) is 8.43. The average molecular weight is 191 g/mol. The smallest absolute Gasteiger partial charge is 0.133 e. The molecular weight excluding hydrogens is 178 g/mol. The Balaban J connectivity index is 2.63. The number of imidazole rings is 2. The van der Waals surface area contributed by atoms with Gasteiger partial charge in [0, 0.05) is 14.1 Å². The summed E-state index contributed by atoms with van der Waals surface area (Å²) in [5, 5.41) is 0. The number of nitrogens with zero attached hydrogens (tertiary/aromatic N) is 4. The molecule has 0 aliphatic heterocycles. The molecule has 0 atom stereocenters. The Bertz CT molecular complexity index is 466. The molecule has 0 unspecified atom stereocenters. The predicted octanol–water partition coefficient (Wildman–Crippen LogP) is 0.711. The monoisotopic (exact) mass is 191 g/mol. The van der Waals surface area contributed by atoms with Gasteiger partial charge in [-0.2, -0.15) is 0 Å². The Hall–Kier alpha value is -1.78. The lowest BCUT2D eigenvalue weighted by Gasteiger charge is -2.00. The summed E-state index contributed by atoms with van der Waals surface area (Å²) in [6, 6.07) is 0. The maximum Gasteiger partial charge on any atom is 0.133 e. The van der Waals surface area contributed by atoms with Gasteiger partial charge in [-0.25, -0.2) is 9.97 Å². The van der Waals surface area contributed by atoms with Crippen molar-refractivity contribution in [1.29, 1.82) is 0 Å². The first-order chi connectivity index (χ1) is 6.61. The summed E-state index contributed by atoms with van der Waals surface area (Å²) < 4.78 is 3.76. The standard InChI is InChI=1S/C9H13N5/c1-6-12-8(9(10)14(6)3)7-4-11-5-13(7)2/h4-5H,10H2,1-3H3. The van der Waals surface area contributed by atoms with Crippen LogP contribution >= 0.6 is 0 Å². The number of aryl methyl sites for hydroxylation is 2. The van der Waals surface area contributed by atoms with Gasteiger partial charge in [0.2, 0.25) is 0 Å². The quantitative estimate of drug-likeness (QED) is 0.722. The van der Waals surface area contributed by atoms with Crippen LogP contribution in [0.25, 0.3) is 11.4 Å². The molecular formula is C9H13N5. The van der Waals surface area contributed by atoms with E-state index in [2.05, 4.69) is 9.97 Å². The van der Waals surface area contributed by atoms with Gasteiger partial charge in [0.15, 0.2) is 0 Å². The second kappa shape index (κ2) is 2.87. The van der Waals surface area contributed by atoms with E-state index in [0.717, 1.165) is 17.2 Å². The molecule has 0 fully saturated rings. The van der Waals surface area contributed by atoms with Crippen molar-refractivity contribution in [2.45, 2.75) is 6.92 Å². The van der Waals surface area contributed by atoms with Crippen molar-refractivity contribution in [1.82, 2.24) is 19.1 Å². The van der Waals surface area contributed by atoms with E-state index >= 15 is 0 Å². The molecule has 2 aromatic rings. The van der Waals surface area contributed by atoms with E-state index in [1.165, 1.54) is 0 Å².